The fourth-order valence-electron chi connectivity index (χ4n) is 1.70. The van der Waals surface area contributed by atoms with E-state index in [0.29, 0.717) is 5.56 Å². The fourth-order valence-corrected chi connectivity index (χ4v) is 1.70. The minimum atomic E-state index is -1.64. The lowest BCUT2D eigenvalue weighted by atomic mass is 10.00. The molecule has 0 spiro atoms. The Morgan fingerprint density at radius 1 is 1.24 bits per heavy atom. The van der Waals surface area contributed by atoms with E-state index in [4.69, 9.17) is 5.73 Å². The number of hydrogen-bond donors (Lipinski definition) is 3. The molecule has 2 atom stereocenters. The third kappa shape index (κ3) is 2.11. The van der Waals surface area contributed by atoms with E-state index in [1.54, 1.807) is 18.3 Å². The van der Waals surface area contributed by atoms with Gasteiger partial charge in [0.25, 0.3) is 0 Å². The van der Waals surface area contributed by atoms with E-state index >= 15 is 0 Å². The van der Waals surface area contributed by atoms with Crippen molar-refractivity contribution in [2.24, 2.45) is 5.73 Å². The average Bonchev–Trinajstić information content (AvgIpc) is 2.36. The van der Waals surface area contributed by atoms with E-state index in [1.165, 1.54) is 6.20 Å². The van der Waals surface area contributed by atoms with Gasteiger partial charge in [-0.1, -0.05) is 24.3 Å². The number of fused-ring (bicyclic) bond motifs is 1. The number of aromatic nitrogens is 1. The summed E-state index contributed by atoms with van der Waals surface area (Å²) in [6.07, 6.45) is 0.0511. The predicted octanol–water partition coefficient (Wildman–Crippen LogP) is 0.114. The standard InChI is InChI=1S/C12H12N2O3/c13-12(17)11(16)10(15)9-6-14-5-7-3-1-2-4-8(7)9/h1-6,10-11,15-16H,(H2,13,17). The van der Waals surface area contributed by atoms with Crippen molar-refractivity contribution in [2.45, 2.75) is 12.2 Å². The van der Waals surface area contributed by atoms with Crippen molar-refractivity contribution < 1.29 is 15.0 Å². The molecule has 4 N–H and O–H groups in total. The first-order valence-corrected chi connectivity index (χ1v) is 5.09. The van der Waals surface area contributed by atoms with Gasteiger partial charge in [-0.3, -0.25) is 9.78 Å². The van der Waals surface area contributed by atoms with E-state index in [-0.39, 0.29) is 0 Å². The SMILES string of the molecule is NC(=O)C(O)C(O)c1cncc2ccccc12. The van der Waals surface area contributed by atoms with Crippen LogP contribution in [0.25, 0.3) is 10.8 Å². The van der Waals surface area contributed by atoms with Crippen LogP contribution in [0.4, 0.5) is 0 Å². The molecular formula is C12H12N2O3. The Labute approximate surface area is 97.5 Å². The van der Waals surface area contributed by atoms with Crippen molar-refractivity contribution in [2.75, 3.05) is 0 Å². The highest BCUT2D eigenvalue weighted by Gasteiger charge is 2.24. The van der Waals surface area contributed by atoms with Gasteiger partial charge in [-0.2, -0.15) is 0 Å². The fraction of sp³-hybridized carbons (Fsp3) is 0.167. The molecule has 5 heteroatoms. The molecule has 2 aromatic rings. The first-order chi connectivity index (χ1) is 8.11. The summed E-state index contributed by atoms with van der Waals surface area (Å²) in [5.41, 5.74) is 5.33. The summed E-state index contributed by atoms with van der Waals surface area (Å²) in [5, 5.41) is 20.9. The van der Waals surface area contributed by atoms with Gasteiger partial charge in [-0.15, -0.1) is 0 Å². The van der Waals surface area contributed by atoms with E-state index in [1.807, 2.05) is 12.1 Å². The number of aliphatic hydroxyl groups is 2. The van der Waals surface area contributed by atoms with Crippen LogP contribution in [0, 0.1) is 0 Å². The second-order valence-electron chi connectivity index (χ2n) is 3.74. The van der Waals surface area contributed by atoms with Crippen LogP contribution in [0.1, 0.15) is 11.7 Å². The molecular weight excluding hydrogens is 220 g/mol. The Hall–Kier alpha value is -1.98. The van der Waals surface area contributed by atoms with Crippen LogP contribution < -0.4 is 5.73 Å². The molecule has 1 aromatic heterocycles. The molecule has 1 heterocycles. The molecule has 1 amide bonds. The van der Waals surface area contributed by atoms with E-state index < -0.39 is 18.1 Å². The van der Waals surface area contributed by atoms with Gasteiger partial charge in [0, 0.05) is 23.3 Å². The maximum Gasteiger partial charge on any atom is 0.249 e. The molecule has 0 aliphatic rings. The number of aliphatic hydroxyl groups excluding tert-OH is 2. The molecule has 0 bridgehead atoms. The van der Waals surface area contributed by atoms with Crippen molar-refractivity contribution in [1.29, 1.82) is 0 Å². The average molecular weight is 232 g/mol. The highest BCUT2D eigenvalue weighted by atomic mass is 16.3. The maximum atomic E-state index is 10.8. The second-order valence-corrected chi connectivity index (χ2v) is 3.74. The number of carbonyl (C=O) groups excluding carboxylic acids is 1. The third-order valence-electron chi connectivity index (χ3n) is 2.61. The smallest absolute Gasteiger partial charge is 0.249 e. The van der Waals surface area contributed by atoms with Gasteiger partial charge in [-0.05, 0) is 5.39 Å². The second kappa shape index (κ2) is 4.48. The van der Waals surface area contributed by atoms with Gasteiger partial charge in [-0.25, -0.2) is 0 Å². The monoisotopic (exact) mass is 232 g/mol. The lowest BCUT2D eigenvalue weighted by Crippen LogP contribution is -2.34. The number of nitrogens with two attached hydrogens (primary N) is 1. The highest BCUT2D eigenvalue weighted by Crippen LogP contribution is 2.25. The van der Waals surface area contributed by atoms with Crippen molar-refractivity contribution in [3.05, 3.63) is 42.2 Å². The Kier molecular flexibility index (Phi) is 3.03. The minimum Gasteiger partial charge on any atom is -0.385 e. The number of benzene rings is 1. The van der Waals surface area contributed by atoms with E-state index in [0.717, 1.165) is 10.8 Å². The van der Waals surface area contributed by atoms with Crippen LogP contribution in [-0.2, 0) is 4.79 Å². The van der Waals surface area contributed by atoms with Crippen LogP contribution >= 0.6 is 0 Å². The number of rotatable bonds is 3. The molecule has 0 aliphatic heterocycles. The lowest BCUT2D eigenvalue weighted by Gasteiger charge is -2.16. The zero-order chi connectivity index (χ0) is 12.4. The van der Waals surface area contributed by atoms with Gasteiger partial charge < -0.3 is 15.9 Å². The summed E-state index contributed by atoms with van der Waals surface area (Å²) >= 11 is 0. The Balaban J connectivity index is 2.52. The quantitative estimate of drug-likeness (QED) is 0.700. The molecule has 1 aromatic carbocycles. The topological polar surface area (TPSA) is 96.4 Å². The van der Waals surface area contributed by atoms with Crippen molar-refractivity contribution in [1.82, 2.24) is 4.98 Å². The number of carbonyl (C=O) groups is 1. The zero-order valence-corrected chi connectivity index (χ0v) is 8.95. The Morgan fingerprint density at radius 3 is 2.65 bits per heavy atom. The summed E-state index contributed by atoms with van der Waals surface area (Å²) in [7, 11) is 0. The van der Waals surface area contributed by atoms with Crippen LogP contribution in [0.5, 0.6) is 0 Å². The van der Waals surface area contributed by atoms with Crippen molar-refractivity contribution >= 4 is 16.7 Å². The predicted molar refractivity (Wildman–Crippen MR) is 61.9 cm³/mol. The highest BCUT2D eigenvalue weighted by molar-refractivity contribution is 5.86. The van der Waals surface area contributed by atoms with Gasteiger partial charge in [0.15, 0.2) is 6.10 Å². The normalized spacial score (nSPS) is 14.5. The first-order valence-electron chi connectivity index (χ1n) is 5.09. The Bertz CT molecular complexity index is 551. The van der Waals surface area contributed by atoms with Crippen LogP contribution in [0.3, 0.4) is 0 Å². The number of hydrogen-bond acceptors (Lipinski definition) is 4. The molecule has 5 nitrogen and oxygen atoms in total. The molecule has 0 fully saturated rings. The molecule has 2 rings (SSSR count). The maximum absolute atomic E-state index is 10.8. The van der Waals surface area contributed by atoms with E-state index in [2.05, 4.69) is 4.98 Å². The van der Waals surface area contributed by atoms with Crippen molar-refractivity contribution in [3.63, 3.8) is 0 Å². The summed E-state index contributed by atoms with van der Waals surface area (Å²) in [4.78, 5) is 14.8. The van der Waals surface area contributed by atoms with Gasteiger partial charge in [0.05, 0.1) is 0 Å². The Morgan fingerprint density at radius 2 is 1.94 bits per heavy atom. The number of primary amides is 1. The lowest BCUT2D eigenvalue weighted by molar-refractivity contribution is -0.131. The third-order valence-corrected chi connectivity index (χ3v) is 2.61. The first kappa shape index (κ1) is 11.5. The van der Waals surface area contributed by atoms with Gasteiger partial charge in [0.2, 0.25) is 5.91 Å². The summed E-state index contributed by atoms with van der Waals surface area (Å²) in [6, 6.07) is 7.25. The molecule has 0 aliphatic carbocycles. The van der Waals surface area contributed by atoms with Crippen LogP contribution in [0.2, 0.25) is 0 Å². The van der Waals surface area contributed by atoms with E-state index in [9.17, 15) is 15.0 Å². The van der Waals surface area contributed by atoms with Crippen molar-refractivity contribution in [3.8, 4) is 0 Å². The summed E-state index contributed by atoms with van der Waals surface area (Å²) < 4.78 is 0. The molecule has 0 saturated heterocycles. The minimum absolute atomic E-state index is 0.384. The number of amides is 1. The molecule has 0 saturated carbocycles. The van der Waals surface area contributed by atoms with Crippen LogP contribution in [-0.4, -0.2) is 27.2 Å². The summed E-state index contributed by atoms with van der Waals surface area (Å²) in [6.45, 7) is 0. The molecule has 0 radical (unpaired) electrons. The largest absolute Gasteiger partial charge is 0.385 e. The molecule has 17 heavy (non-hydrogen) atoms. The summed E-state index contributed by atoms with van der Waals surface area (Å²) in [5.74, 6) is -0.967. The molecule has 2 unspecified atom stereocenters. The van der Waals surface area contributed by atoms with Gasteiger partial charge >= 0.3 is 0 Å². The van der Waals surface area contributed by atoms with Gasteiger partial charge in [0.1, 0.15) is 6.10 Å². The molecule has 88 valence electrons. The number of nitrogens with zero attached hydrogens (tertiary/aromatic N) is 1. The number of pyridine rings is 1. The zero-order valence-electron chi connectivity index (χ0n) is 8.95. The van der Waals surface area contributed by atoms with Crippen LogP contribution in [0.15, 0.2) is 36.7 Å².